The van der Waals surface area contributed by atoms with Crippen LogP contribution in [-0.2, 0) is 0 Å². The number of rotatable bonds is 1. The van der Waals surface area contributed by atoms with Crippen LogP contribution < -0.4 is 3.79 Å². The first kappa shape index (κ1) is 11.5. The van der Waals surface area contributed by atoms with E-state index in [2.05, 4.69) is 58.1 Å². The van der Waals surface area contributed by atoms with Crippen molar-refractivity contribution in [3.8, 4) is 0 Å². The molecule has 0 bridgehead atoms. The Kier molecular flexibility index (Phi) is 2.35. The quantitative estimate of drug-likeness (QED) is 0.381. The smallest absolute Gasteiger partial charge is 0.289 e. The molecule has 1 aliphatic heterocycles. The molecule has 0 saturated carbocycles. The summed E-state index contributed by atoms with van der Waals surface area (Å²) in [5.74, 6) is 0. The molecule has 0 spiro atoms. The van der Waals surface area contributed by atoms with E-state index in [9.17, 15) is 0 Å². The predicted molar refractivity (Wildman–Crippen MR) is 80.7 cm³/mol. The van der Waals surface area contributed by atoms with Crippen molar-refractivity contribution in [2.75, 3.05) is 0 Å². The lowest BCUT2D eigenvalue weighted by molar-refractivity contribution is -0.436. The molecule has 0 atom stereocenters. The summed E-state index contributed by atoms with van der Waals surface area (Å²) in [4.78, 5) is 4.61. The number of hydrogen-bond acceptors (Lipinski definition) is 1. The molecule has 0 fully saturated rings. The van der Waals surface area contributed by atoms with Crippen LogP contribution in [0.3, 0.4) is 0 Å². The lowest BCUT2D eigenvalue weighted by atomic mass is 10.0. The van der Waals surface area contributed by atoms with E-state index in [1.165, 1.54) is 11.1 Å². The minimum atomic E-state index is 0.976. The second kappa shape index (κ2) is 4.08. The monoisotopic (exact) mass is 279 g/mol. The Morgan fingerprint density at radius 1 is 1.35 bits per heavy atom. The van der Waals surface area contributed by atoms with Crippen molar-refractivity contribution in [1.82, 2.24) is 4.98 Å². The first-order valence-corrected chi connectivity index (χ1v) is 7.26. The number of aromatic nitrogens is 2. The van der Waals surface area contributed by atoms with Gasteiger partial charge < -0.3 is 4.58 Å². The highest BCUT2D eigenvalue weighted by atomic mass is 32.1. The number of benzene rings is 1. The molecule has 3 heterocycles. The molecule has 0 unspecified atom stereocenters. The van der Waals surface area contributed by atoms with Crippen LogP contribution >= 0.6 is 11.5 Å². The van der Waals surface area contributed by atoms with E-state index in [1.54, 1.807) is 11.5 Å². The Balaban J connectivity index is 1.97. The van der Waals surface area contributed by atoms with Gasteiger partial charge in [-0.1, -0.05) is 35.9 Å². The second-order valence-electron chi connectivity index (χ2n) is 4.89. The van der Waals surface area contributed by atoms with Gasteiger partial charge in [-0.15, -0.1) is 9.87 Å². The van der Waals surface area contributed by atoms with Crippen LogP contribution in [0.15, 0.2) is 35.7 Å². The fraction of sp³-hybridized carbons (Fsp3) is 0.0625. The van der Waals surface area contributed by atoms with Crippen LogP contribution in [0.2, 0.25) is 0 Å². The number of hydrogen-bond donors (Lipinski definition) is 0. The SMILES string of the molecule is C=[N+]1[CH-]c2nc3c[cH-][s+][n+]3[c-]2C=C1c1ccccc1C. The van der Waals surface area contributed by atoms with Crippen molar-refractivity contribution in [1.29, 1.82) is 0 Å². The van der Waals surface area contributed by atoms with Crippen molar-refractivity contribution in [2.24, 2.45) is 0 Å². The van der Waals surface area contributed by atoms with Gasteiger partial charge in [-0.2, -0.15) is 4.98 Å². The van der Waals surface area contributed by atoms with E-state index < -0.39 is 0 Å². The highest BCUT2D eigenvalue weighted by Crippen LogP contribution is 2.28. The maximum Gasteiger partial charge on any atom is 0.289 e. The van der Waals surface area contributed by atoms with Crippen LogP contribution in [0.4, 0.5) is 0 Å². The zero-order valence-electron chi connectivity index (χ0n) is 11.1. The van der Waals surface area contributed by atoms with Crippen molar-refractivity contribution in [3.05, 3.63) is 64.8 Å². The van der Waals surface area contributed by atoms with Gasteiger partial charge >= 0.3 is 0 Å². The van der Waals surface area contributed by atoms with E-state index >= 15 is 0 Å². The van der Waals surface area contributed by atoms with Crippen molar-refractivity contribution < 1.29 is 8.37 Å². The zero-order chi connectivity index (χ0) is 13.7. The summed E-state index contributed by atoms with van der Waals surface area (Å²) in [6.07, 6.45) is 2.17. The van der Waals surface area contributed by atoms with Gasteiger partial charge in [-0.05, 0) is 19.2 Å². The lowest BCUT2D eigenvalue weighted by Crippen LogP contribution is -2.20. The molecule has 1 aliphatic rings. The van der Waals surface area contributed by atoms with Gasteiger partial charge in [0, 0.05) is 12.2 Å². The van der Waals surface area contributed by atoms with Crippen LogP contribution in [0.25, 0.3) is 17.4 Å². The molecular formula is C16H13N3S. The van der Waals surface area contributed by atoms with Gasteiger partial charge in [0.25, 0.3) is 11.5 Å². The molecule has 0 N–H and O–H groups in total. The summed E-state index contributed by atoms with van der Waals surface area (Å²) in [5, 5.41) is 2.06. The van der Waals surface area contributed by atoms with Crippen molar-refractivity contribution in [3.63, 3.8) is 0 Å². The third-order valence-corrected chi connectivity index (χ3v) is 4.44. The van der Waals surface area contributed by atoms with Crippen LogP contribution in [0, 0.1) is 13.5 Å². The summed E-state index contributed by atoms with van der Waals surface area (Å²) < 4.78 is 4.05. The molecule has 0 aliphatic carbocycles. The standard InChI is InChI=1S/C16H13N3S/c1-11-5-3-4-6-12(11)14-9-15-13(10-18(14)2)17-16-7-8-20-19(15)16/h3-10H,2H2,1H3. The van der Waals surface area contributed by atoms with Crippen molar-refractivity contribution in [2.45, 2.75) is 6.92 Å². The number of aryl methyl sites for hydroxylation is 1. The predicted octanol–water partition coefficient (Wildman–Crippen LogP) is 2.64. The Hall–Kier alpha value is -2.33. The van der Waals surface area contributed by atoms with Crippen LogP contribution in [0.1, 0.15) is 22.5 Å². The first-order chi connectivity index (χ1) is 9.74. The average Bonchev–Trinajstić information content (AvgIpc) is 2.99. The molecular weight excluding hydrogens is 266 g/mol. The molecule has 20 heavy (non-hydrogen) atoms. The van der Waals surface area contributed by atoms with E-state index in [-0.39, 0.29) is 0 Å². The molecule has 98 valence electrons. The number of nitrogens with zero attached hydrogens (tertiary/aromatic N) is 3. The Morgan fingerprint density at radius 3 is 3.05 bits per heavy atom. The Bertz CT molecular complexity index is 867. The third-order valence-electron chi connectivity index (χ3n) is 3.59. The highest BCUT2D eigenvalue weighted by Gasteiger charge is 2.20. The fourth-order valence-electron chi connectivity index (χ4n) is 2.57. The molecule has 1 aromatic carbocycles. The second-order valence-corrected chi connectivity index (χ2v) is 5.73. The molecule has 2 aromatic heterocycles. The molecule has 0 radical (unpaired) electrons. The fourth-order valence-corrected chi connectivity index (χ4v) is 3.35. The molecule has 3 nitrogen and oxygen atoms in total. The van der Waals surface area contributed by atoms with Crippen molar-refractivity contribution >= 4 is 35.7 Å². The Morgan fingerprint density at radius 2 is 2.20 bits per heavy atom. The van der Waals surface area contributed by atoms with Gasteiger partial charge in [0.1, 0.15) is 11.1 Å². The topological polar surface area (TPSA) is 20.0 Å². The maximum absolute atomic E-state index is 4.61. The summed E-state index contributed by atoms with van der Waals surface area (Å²) in [5.41, 5.74) is 6.65. The summed E-state index contributed by atoms with van der Waals surface area (Å²) >= 11 is 1.66. The maximum atomic E-state index is 4.61. The van der Waals surface area contributed by atoms with Crippen LogP contribution in [0.5, 0.6) is 0 Å². The summed E-state index contributed by atoms with van der Waals surface area (Å²) in [7, 11) is 0. The largest absolute Gasteiger partial charge is 0.411 e. The van der Waals surface area contributed by atoms with E-state index in [4.69, 9.17) is 0 Å². The highest BCUT2D eigenvalue weighted by molar-refractivity contribution is 6.99. The Labute approximate surface area is 121 Å². The molecule has 0 amide bonds. The first-order valence-electron chi connectivity index (χ1n) is 6.43. The number of fused-ring (bicyclic) bond motifs is 3. The third kappa shape index (κ3) is 1.55. The molecule has 0 saturated heterocycles. The van der Waals surface area contributed by atoms with E-state index in [0.29, 0.717) is 0 Å². The van der Waals surface area contributed by atoms with Gasteiger partial charge in [-0.3, -0.25) is 0 Å². The number of imidazole rings is 1. The minimum absolute atomic E-state index is 0.976. The average molecular weight is 279 g/mol. The molecule has 4 heteroatoms. The van der Waals surface area contributed by atoms with Gasteiger partial charge in [0.05, 0.1) is 5.69 Å². The van der Waals surface area contributed by atoms with Crippen LogP contribution in [-0.4, -0.2) is 16.3 Å². The zero-order valence-corrected chi connectivity index (χ0v) is 11.9. The minimum Gasteiger partial charge on any atom is -0.411 e. The normalized spacial score (nSPS) is 14.1. The lowest BCUT2D eigenvalue weighted by Gasteiger charge is -2.23. The van der Waals surface area contributed by atoms with Gasteiger partial charge in [-0.25, -0.2) is 0 Å². The van der Waals surface area contributed by atoms with E-state index in [1.807, 2.05) is 17.2 Å². The summed E-state index contributed by atoms with van der Waals surface area (Å²) in [6, 6.07) is 10.4. The molecule has 3 aromatic rings. The van der Waals surface area contributed by atoms with Gasteiger partial charge in [0.2, 0.25) is 5.65 Å². The summed E-state index contributed by atoms with van der Waals surface area (Å²) in [6.45, 7) is 8.23. The molecule has 4 rings (SSSR count). The van der Waals surface area contributed by atoms with Gasteiger partial charge in [0.15, 0.2) is 0 Å². The van der Waals surface area contributed by atoms with E-state index in [0.717, 1.165) is 22.7 Å².